The molecule has 0 saturated carbocycles. The van der Waals surface area contributed by atoms with Gasteiger partial charge in [0, 0.05) is 18.7 Å². The van der Waals surface area contributed by atoms with E-state index in [9.17, 15) is 18.0 Å². The summed E-state index contributed by atoms with van der Waals surface area (Å²) in [6, 6.07) is 9.71. The highest BCUT2D eigenvalue weighted by molar-refractivity contribution is 7.89. The maximum atomic E-state index is 14.0. The van der Waals surface area contributed by atoms with Crippen molar-refractivity contribution in [3.63, 3.8) is 0 Å². The number of nitrogens with zero attached hydrogens (tertiary/aromatic N) is 1. The fourth-order valence-electron chi connectivity index (χ4n) is 4.93. The molecule has 39 heavy (non-hydrogen) atoms. The van der Waals surface area contributed by atoms with E-state index in [-0.39, 0.29) is 30.3 Å². The van der Waals surface area contributed by atoms with Crippen molar-refractivity contribution in [1.82, 2.24) is 14.9 Å². The summed E-state index contributed by atoms with van der Waals surface area (Å²) in [5, 5.41) is 11.0. The Morgan fingerprint density at radius 1 is 1.23 bits per heavy atom. The second-order valence-corrected chi connectivity index (χ2v) is 11.6. The number of nitrogens with one attached hydrogen (secondary N) is 3. The SMILES string of the molecule is CCOC(=O)C1CC(C)=CCN1C(=O)[C@H](Cc1cccc(C(=N)N)c1)NS(=O)(=O)c1ccc2c(c1)CNCC2. The van der Waals surface area contributed by atoms with Crippen molar-refractivity contribution in [2.45, 2.75) is 56.6 Å². The third-order valence-electron chi connectivity index (χ3n) is 7.02. The number of carbonyl (C=O) groups is 2. The molecule has 2 aliphatic rings. The summed E-state index contributed by atoms with van der Waals surface area (Å²) < 4.78 is 35.0. The van der Waals surface area contributed by atoms with Gasteiger partial charge in [-0.05, 0) is 74.5 Å². The summed E-state index contributed by atoms with van der Waals surface area (Å²) in [6.07, 6.45) is 2.97. The minimum Gasteiger partial charge on any atom is -0.464 e. The molecule has 0 aromatic heterocycles. The van der Waals surface area contributed by atoms with Gasteiger partial charge in [0.2, 0.25) is 15.9 Å². The molecule has 2 atom stereocenters. The average Bonchev–Trinajstić information content (AvgIpc) is 2.92. The molecule has 1 unspecified atom stereocenters. The van der Waals surface area contributed by atoms with Crippen molar-refractivity contribution in [2.75, 3.05) is 19.7 Å². The number of amidine groups is 1. The summed E-state index contributed by atoms with van der Waals surface area (Å²) >= 11 is 0. The fourth-order valence-corrected chi connectivity index (χ4v) is 6.17. The van der Waals surface area contributed by atoms with Gasteiger partial charge in [0.15, 0.2) is 0 Å². The molecule has 0 fully saturated rings. The van der Waals surface area contributed by atoms with Crippen molar-refractivity contribution in [1.29, 1.82) is 5.41 Å². The number of benzene rings is 2. The maximum absolute atomic E-state index is 14.0. The molecule has 0 radical (unpaired) electrons. The summed E-state index contributed by atoms with van der Waals surface area (Å²) in [5.41, 5.74) is 9.68. The average molecular weight is 554 g/mol. The van der Waals surface area contributed by atoms with E-state index in [2.05, 4.69) is 10.0 Å². The number of esters is 1. The second-order valence-electron chi connectivity index (χ2n) is 9.86. The highest BCUT2D eigenvalue weighted by atomic mass is 32.2. The first-order valence-corrected chi connectivity index (χ1v) is 14.5. The number of rotatable bonds is 9. The zero-order valence-electron chi connectivity index (χ0n) is 22.2. The first kappa shape index (κ1) is 28.5. The molecule has 10 nitrogen and oxygen atoms in total. The number of sulfonamides is 1. The Labute approximate surface area is 229 Å². The van der Waals surface area contributed by atoms with Gasteiger partial charge >= 0.3 is 5.97 Å². The topological polar surface area (TPSA) is 155 Å². The van der Waals surface area contributed by atoms with Crippen LogP contribution in [0.4, 0.5) is 0 Å². The summed E-state index contributed by atoms with van der Waals surface area (Å²) in [4.78, 5) is 28.2. The quantitative estimate of drug-likeness (QED) is 0.159. The number of amides is 1. The molecule has 11 heteroatoms. The smallest absolute Gasteiger partial charge is 0.329 e. The Bertz CT molecular complexity index is 1400. The van der Waals surface area contributed by atoms with Gasteiger partial charge in [-0.25, -0.2) is 13.2 Å². The number of carbonyl (C=O) groups excluding carboxylic acids is 2. The monoisotopic (exact) mass is 553 g/mol. The summed E-state index contributed by atoms with van der Waals surface area (Å²) in [6.45, 7) is 5.30. The van der Waals surface area contributed by atoms with E-state index >= 15 is 0 Å². The molecule has 2 aromatic rings. The Kier molecular flexibility index (Phi) is 8.83. The highest BCUT2D eigenvalue weighted by Gasteiger charge is 2.38. The van der Waals surface area contributed by atoms with Crippen LogP contribution in [-0.2, 0) is 43.7 Å². The Balaban J connectivity index is 1.68. The molecular formula is C28H35N5O5S. The van der Waals surface area contributed by atoms with Crippen LogP contribution in [0, 0.1) is 5.41 Å². The molecule has 2 aliphatic heterocycles. The van der Waals surface area contributed by atoms with Gasteiger partial charge in [-0.2, -0.15) is 4.72 Å². The van der Waals surface area contributed by atoms with Crippen LogP contribution in [0.5, 0.6) is 0 Å². The lowest BCUT2D eigenvalue weighted by molar-refractivity contribution is -0.155. The summed E-state index contributed by atoms with van der Waals surface area (Å²) in [7, 11) is -4.11. The predicted octanol–water partition coefficient (Wildman–Crippen LogP) is 1.62. The van der Waals surface area contributed by atoms with Crippen molar-refractivity contribution in [3.8, 4) is 0 Å². The fraction of sp³-hybridized carbons (Fsp3) is 0.393. The molecule has 2 heterocycles. The van der Waals surface area contributed by atoms with E-state index in [1.165, 1.54) is 4.90 Å². The Morgan fingerprint density at radius 3 is 2.77 bits per heavy atom. The maximum Gasteiger partial charge on any atom is 0.329 e. The number of hydrogen-bond acceptors (Lipinski definition) is 7. The first-order valence-electron chi connectivity index (χ1n) is 13.0. The normalized spacial score (nSPS) is 18.1. The zero-order chi connectivity index (χ0) is 28.2. The van der Waals surface area contributed by atoms with Gasteiger partial charge in [-0.3, -0.25) is 10.2 Å². The van der Waals surface area contributed by atoms with Gasteiger partial charge < -0.3 is 20.7 Å². The van der Waals surface area contributed by atoms with E-state index in [4.69, 9.17) is 15.9 Å². The number of nitrogens with two attached hydrogens (primary N) is 1. The molecule has 0 saturated heterocycles. The minimum atomic E-state index is -4.11. The van der Waals surface area contributed by atoms with Crippen LogP contribution in [-0.4, -0.2) is 62.8 Å². The Hall–Kier alpha value is -3.54. The van der Waals surface area contributed by atoms with Gasteiger partial charge in [0.05, 0.1) is 11.5 Å². The van der Waals surface area contributed by atoms with Crippen LogP contribution in [0.3, 0.4) is 0 Å². The summed E-state index contributed by atoms with van der Waals surface area (Å²) in [5.74, 6) is -1.20. The van der Waals surface area contributed by atoms with E-state index < -0.39 is 34.0 Å². The van der Waals surface area contributed by atoms with Crippen LogP contribution in [0.2, 0.25) is 0 Å². The predicted molar refractivity (Wildman–Crippen MR) is 148 cm³/mol. The lowest BCUT2D eigenvalue weighted by atomic mass is 9.98. The molecular weight excluding hydrogens is 518 g/mol. The van der Waals surface area contributed by atoms with Crippen LogP contribution in [0.15, 0.2) is 59.0 Å². The molecule has 2 aromatic carbocycles. The molecule has 0 spiro atoms. The van der Waals surface area contributed by atoms with Crippen LogP contribution < -0.4 is 15.8 Å². The van der Waals surface area contributed by atoms with Gasteiger partial charge in [-0.15, -0.1) is 0 Å². The van der Waals surface area contributed by atoms with E-state index in [1.807, 2.05) is 19.1 Å². The van der Waals surface area contributed by atoms with Gasteiger partial charge in [-0.1, -0.05) is 35.9 Å². The third kappa shape index (κ3) is 6.73. The molecule has 1 amide bonds. The lowest BCUT2D eigenvalue weighted by Crippen LogP contribution is -2.56. The number of fused-ring (bicyclic) bond motifs is 1. The van der Waals surface area contributed by atoms with Crippen molar-refractivity contribution < 1.29 is 22.7 Å². The van der Waals surface area contributed by atoms with E-state index in [0.717, 1.165) is 29.7 Å². The molecule has 208 valence electrons. The third-order valence-corrected chi connectivity index (χ3v) is 8.49. The minimum absolute atomic E-state index is 0.000418. The first-order chi connectivity index (χ1) is 18.6. The van der Waals surface area contributed by atoms with Gasteiger partial charge in [0.1, 0.15) is 17.9 Å². The molecule has 0 bridgehead atoms. The standard InChI is InChI=1S/C28H35N5O5S/c1-3-38-28(35)25-13-18(2)10-12-33(25)27(34)24(15-19-5-4-6-21(14-19)26(29)30)32-39(36,37)23-8-7-20-9-11-31-17-22(20)16-23/h4-8,10,14,16,24-25,31-32H,3,9,11-13,15,17H2,1-2H3,(H3,29,30)/t24-,25?/m0/s1. The number of ether oxygens (including phenoxy) is 1. The van der Waals surface area contributed by atoms with Crippen molar-refractivity contribution in [3.05, 3.63) is 76.4 Å². The highest BCUT2D eigenvalue weighted by Crippen LogP contribution is 2.23. The zero-order valence-corrected chi connectivity index (χ0v) is 23.0. The molecule has 5 N–H and O–H groups in total. The second kappa shape index (κ2) is 12.1. The largest absolute Gasteiger partial charge is 0.464 e. The van der Waals surface area contributed by atoms with Crippen LogP contribution in [0.25, 0.3) is 0 Å². The molecule has 4 rings (SSSR count). The Morgan fingerprint density at radius 2 is 2.03 bits per heavy atom. The molecule has 0 aliphatic carbocycles. The van der Waals surface area contributed by atoms with Crippen LogP contribution in [0.1, 0.15) is 42.5 Å². The van der Waals surface area contributed by atoms with E-state index in [0.29, 0.717) is 24.1 Å². The van der Waals surface area contributed by atoms with Crippen molar-refractivity contribution in [2.24, 2.45) is 5.73 Å². The van der Waals surface area contributed by atoms with Crippen LogP contribution >= 0.6 is 0 Å². The van der Waals surface area contributed by atoms with E-state index in [1.54, 1.807) is 43.3 Å². The van der Waals surface area contributed by atoms with Crippen molar-refractivity contribution >= 4 is 27.7 Å². The van der Waals surface area contributed by atoms with Gasteiger partial charge in [0.25, 0.3) is 0 Å². The number of nitrogen functional groups attached to an aromatic ring is 1. The number of hydrogen-bond donors (Lipinski definition) is 4. The lowest BCUT2D eigenvalue weighted by Gasteiger charge is -2.35.